The van der Waals surface area contributed by atoms with E-state index >= 15 is 0 Å². The Hall–Kier alpha value is -2.62. The Labute approximate surface area is 202 Å². The molecule has 1 aromatic carbocycles. The van der Waals surface area contributed by atoms with E-state index in [1.807, 2.05) is 76.4 Å². The molecule has 0 saturated carbocycles. The predicted octanol–water partition coefficient (Wildman–Crippen LogP) is 5.27. The summed E-state index contributed by atoms with van der Waals surface area (Å²) in [5.74, 6) is 0. The molecule has 2 aromatic heterocycles. The number of alkyl carbamates (subject to hydrolysis) is 1. The summed E-state index contributed by atoms with van der Waals surface area (Å²) >= 11 is 3.48. The molecule has 33 heavy (non-hydrogen) atoms. The third-order valence-electron chi connectivity index (χ3n) is 6.08. The summed E-state index contributed by atoms with van der Waals surface area (Å²) in [7, 11) is -0.616. The normalized spacial score (nSPS) is 17.4. The number of benzene rings is 1. The van der Waals surface area contributed by atoms with Crippen molar-refractivity contribution in [1.29, 1.82) is 0 Å². The van der Waals surface area contributed by atoms with Crippen LogP contribution in [0.15, 0.2) is 58.7 Å². The minimum Gasteiger partial charge on any atom is -0.445 e. The van der Waals surface area contributed by atoms with Gasteiger partial charge in [-0.25, -0.2) is 9.78 Å². The number of pyridine rings is 1. The van der Waals surface area contributed by atoms with Gasteiger partial charge in [0.05, 0.1) is 11.2 Å². The van der Waals surface area contributed by atoms with Gasteiger partial charge < -0.3 is 24.3 Å². The molecule has 3 heterocycles. The highest BCUT2D eigenvalue weighted by molar-refractivity contribution is 9.10. The number of aromatic amines is 1. The maximum absolute atomic E-state index is 12.4. The number of hydrogen-bond donors (Lipinski definition) is 2. The molecule has 1 aliphatic rings. The van der Waals surface area contributed by atoms with E-state index in [-0.39, 0.29) is 13.2 Å². The lowest BCUT2D eigenvalue weighted by molar-refractivity contribution is 0.00578. The lowest BCUT2D eigenvalue weighted by Gasteiger charge is -2.32. The van der Waals surface area contributed by atoms with Crippen LogP contribution in [-0.2, 0) is 20.7 Å². The number of rotatable bonds is 6. The van der Waals surface area contributed by atoms with E-state index in [1.165, 1.54) is 0 Å². The number of H-pyrrole nitrogens is 1. The summed E-state index contributed by atoms with van der Waals surface area (Å²) in [5, 5.41) is 3.78. The number of nitrogens with one attached hydrogen (secondary N) is 2. The zero-order valence-corrected chi connectivity index (χ0v) is 20.7. The van der Waals surface area contributed by atoms with Crippen molar-refractivity contribution in [3.63, 3.8) is 0 Å². The third-order valence-corrected chi connectivity index (χ3v) is 6.51. The van der Waals surface area contributed by atoms with Gasteiger partial charge in [0, 0.05) is 34.4 Å². The van der Waals surface area contributed by atoms with Crippen molar-refractivity contribution in [2.24, 2.45) is 0 Å². The van der Waals surface area contributed by atoms with E-state index in [0.29, 0.717) is 0 Å². The first-order valence-corrected chi connectivity index (χ1v) is 11.6. The molecule has 0 radical (unpaired) electrons. The van der Waals surface area contributed by atoms with Crippen LogP contribution in [0.5, 0.6) is 0 Å². The SMILES string of the molecule is CC1(C)OB(C(=Cc2c[nH]c3ncc(Br)cc23)CNC(=O)OCc2ccccc2)OC1(C)C. The maximum atomic E-state index is 12.4. The van der Waals surface area contributed by atoms with Crippen LogP contribution in [0, 0.1) is 0 Å². The minimum absolute atomic E-state index is 0.199. The van der Waals surface area contributed by atoms with Crippen molar-refractivity contribution in [2.75, 3.05) is 6.54 Å². The number of carbonyl (C=O) groups excluding carboxylic acids is 1. The van der Waals surface area contributed by atoms with Crippen LogP contribution in [0.4, 0.5) is 4.79 Å². The third kappa shape index (κ3) is 5.32. The monoisotopic (exact) mass is 511 g/mol. The maximum Gasteiger partial charge on any atom is 0.492 e. The van der Waals surface area contributed by atoms with E-state index in [1.54, 1.807) is 6.20 Å². The van der Waals surface area contributed by atoms with Crippen molar-refractivity contribution in [2.45, 2.75) is 45.5 Å². The predicted molar refractivity (Wildman–Crippen MR) is 132 cm³/mol. The Morgan fingerprint density at radius 1 is 1.21 bits per heavy atom. The summed E-state index contributed by atoms with van der Waals surface area (Å²) < 4.78 is 18.8. The summed E-state index contributed by atoms with van der Waals surface area (Å²) in [4.78, 5) is 20.0. The zero-order valence-electron chi connectivity index (χ0n) is 19.1. The first kappa shape index (κ1) is 23.5. The van der Waals surface area contributed by atoms with Crippen LogP contribution in [0.25, 0.3) is 17.1 Å². The van der Waals surface area contributed by atoms with Gasteiger partial charge in [0.25, 0.3) is 0 Å². The standard InChI is InChI=1S/C24H27BBrN3O4/c1-23(2)24(3,4)33-25(32-23)18(10-17-12-27-21-20(17)11-19(26)14-28-21)13-29-22(30)31-15-16-8-6-5-7-9-16/h5-12,14H,13,15H2,1-4H3,(H,27,28)(H,29,30). The van der Waals surface area contributed by atoms with Crippen LogP contribution >= 0.6 is 15.9 Å². The highest BCUT2D eigenvalue weighted by Crippen LogP contribution is 2.39. The lowest BCUT2D eigenvalue weighted by Crippen LogP contribution is -2.41. The number of amides is 1. The zero-order chi connectivity index (χ0) is 23.6. The van der Waals surface area contributed by atoms with Gasteiger partial charge in [-0.15, -0.1) is 0 Å². The van der Waals surface area contributed by atoms with Gasteiger partial charge in [-0.1, -0.05) is 36.4 Å². The van der Waals surface area contributed by atoms with Gasteiger partial charge in [-0.2, -0.15) is 0 Å². The highest BCUT2D eigenvalue weighted by atomic mass is 79.9. The van der Waals surface area contributed by atoms with Gasteiger partial charge in [-0.05, 0) is 60.7 Å². The van der Waals surface area contributed by atoms with Gasteiger partial charge in [0.2, 0.25) is 0 Å². The second-order valence-corrected chi connectivity index (χ2v) is 9.93. The Morgan fingerprint density at radius 3 is 2.61 bits per heavy atom. The van der Waals surface area contributed by atoms with Crippen LogP contribution in [0.3, 0.4) is 0 Å². The number of aromatic nitrogens is 2. The molecule has 0 spiro atoms. The molecular weight excluding hydrogens is 485 g/mol. The number of fused-ring (bicyclic) bond motifs is 1. The first-order valence-electron chi connectivity index (χ1n) is 10.8. The number of carbonyl (C=O) groups is 1. The first-order chi connectivity index (χ1) is 15.6. The van der Waals surface area contributed by atoms with E-state index in [2.05, 4.69) is 31.2 Å². The molecule has 2 N–H and O–H groups in total. The molecule has 7 nitrogen and oxygen atoms in total. The molecule has 172 valence electrons. The molecule has 0 atom stereocenters. The van der Waals surface area contributed by atoms with Gasteiger partial charge in [0.15, 0.2) is 0 Å². The lowest BCUT2D eigenvalue weighted by atomic mass is 9.77. The van der Waals surface area contributed by atoms with Gasteiger partial charge >= 0.3 is 13.2 Å². The Bertz CT molecular complexity index is 1160. The van der Waals surface area contributed by atoms with E-state index < -0.39 is 24.4 Å². The smallest absolute Gasteiger partial charge is 0.445 e. The van der Waals surface area contributed by atoms with Gasteiger partial charge in [-0.3, -0.25) is 0 Å². The molecule has 3 aromatic rings. The molecule has 0 aliphatic carbocycles. The fourth-order valence-corrected chi connectivity index (χ4v) is 3.79. The van der Waals surface area contributed by atoms with Crippen LogP contribution < -0.4 is 5.32 Å². The quantitative estimate of drug-likeness (QED) is 0.440. The fraction of sp³-hybridized carbons (Fsp3) is 0.333. The number of halogens is 1. The van der Waals surface area contributed by atoms with Crippen LogP contribution in [0.1, 0.15) is 38.8 Å². The van der Waals surface area contributed by atoms with Gasteiger partial charge in [0.1, 0.15) is 12.3 Å². The van der Waals surface area contributed by atoms with Crippen LogP contribution in [0.2, 0.25) is 0 Å². The molecule has 1 aliphatic heterocycles. The molecule has 4 rings (SSSR count). The Kier molecular flexibility index (Phi) is 6.65. The Morgan fingerprint density at radius 2 is 1.91 bits per heavy atom. The van der Waals surface area contributed by atoms with Crippen LogP contribution in [-0.4, -0.2) is 40.9 Å². The average molecular weight is 512 g/mol. The second-order valence-electron chi connectivity index (χ2n) is 9.02. The molecule has 9 heteroatoms. The minimum atomic E-state index is -0.616. The molecule has 0 bridgehead atoms. The van der Waals surface area contributed by atoms with E-state index in [0.717, 1.165) is 32.1 Å². The Balaban J connectivity index is 1.54. The summed E-state index contributed by atoms with van der Waals surface area (Å²) in [6, 6.07) is 11.5. The number of hydrogen-bond acceptors (Lipinski definition) is 5. The van der Waals surface area contributed by atoms with E-state index in [4.69, 9.17) is 14.0 Å². The molecule has 1 saturated heterocycles. The molecule has 1 fully saturated rings. The second kappa shape index (κ2) is 9.33. The molecular formula is C24H27BBrN3O4. The average Bonchev–Trinajstić information content (AvgIpc) is 3.26. The molecule has 0 unspecified atom stereocenters. The molecule has 1 amide bonds. The summed E-state index contributed by atoms with van der Waals surface area (Å²) in [6.45, 7) is 8.40. The van der Waals surface area contributed by atoms with Crippen molar-refractivity contribution >= 4 is 46.3 Å². The number of nitrogens with zero attached hydrogens (tertiary/aromatic N) is 1. The summed E-state index contributed by atoms with van der Waals surface area (Å²) in [5.41, 5.74) is 2.37. The van der Waals surface area contributed by atoms with E-state index in [9.17, 15) is 4.79 Å². The fourth-order valence-electron chi connectivity index (χ4n) is 3.46. The van der Waals surface area contributed by atoms with Crippen molar-refractivity contribution < 1.29 is 18.8 Å². The largest absolute Gasteiger partial charge is 0.492 e. The van der Waals surface area contributed by atoms with Crippen molar-refractivity contribution in [1.82, 2.24) is 15.3 Å². The number of ether oxygens (including phenoxy) is 1. The topological polar surface area (TPSA) is 85.5 Å². The van der Waals surface area contributed by atoms with Crippen molar-refractivity contribution in [3.8, 4) is 0 Å². The summed E-state index contributed by atoms with van der Waals surface area (Å²) in [6.07, 6.45) is 5.08. The highest BCUT2D eigenvalue weighted by Gasteiger charge is 2.52. The van der Waals surface area contributed by atoms with Crippen molar-refractivity contribution in [3.05, 3.63) is 69.9 Å².